The summed E-state index contributed by atoms with van der Waals surface area (Å²) in [6, 6.07) is 3.72. The lowest BCUT2D eigenvalue weighted by Gasteiger charge is -2.31. The van der Waals surface area contributed by atoms with E-state index in [4.69, 9.17) is 0 Å². The first-order chi connectivity index (χ1) is 14.5. The van der Waals surface area contributed by atoms with Gasteiger partial charge in [0.05, 0.1) is 10.5 Å². The van der Waals surface area contributed by atoms with Crippen LogP contribution in [0.15, 0.2) is 41.8 Å². The van der Waals surface area contributed by atoms with Gasteiger partial charge in [0.1, 0.15) is 0 Å². The van der Waals surface area contributed by atoms with E-state index in [1.54, 1.807) is 0 Å². The number of sulfonamides is 1. The number of hydrogen-bond donors (Lipinski definition) is 0. The van der Waals surface area contributed by atoms with Gasteiger partial charge in [-0.05, 0) is 69.0 Å². The van der Waals surface area contributed by atoms with Gasteiger partial charge in [0.2, 0.25) is 10.0 Å². The second-order valence-electron chi connectivity index (χ2n) is 8.74. The molecular weight excluding hydrogens is 425 g/mol. The topological polar surface area (TPSA) is 40.6 Å². The fraction of sp³-hybridized carbons (Fsp3) is 0.652. The predicted octanol–water partition coefficient (Wildman–Crippen LogP) is 5.42. The highest BCUT2D eigenvalue weighted by Crippen LogP contribution is 2.33. The minimum absolute atomic E-state index is 0.0990. The molecule has 1 aromatic rings. The zero-order chi connectivity index (χ0) is 23.1. The molecule has 1 aromatic carbocycles. The van der Waals surface area contributed by atoms with Crippen LogP contribution in [0.4, 0.5) is 13.2 Å². The number of rotatable bonds is 11. The monoisotopic (exact) mass is 460 g/mol. The quantitative estimate of drug-likeness (QED) is 0.327. The van der Waals surface area contributed by atoms with Crippen molar-refractivity contribution >= 4 is 10.0 Å². The number of unbranched alkanes of at least 4 members (excludes halogenated alkanes) is 1. The Hall–Kier alpha value is -1.38. The average molecular weight is 461 g/mol. The summed E-state index contributed by atoms with van der Waals surface area (Å²) in [6.45, 7) is 6.14. The molecule has 8 heteroatoms. The molecule has 4 nitrogen and oxygen atoms in total. The predicted molar refractivity (Wildman–Crippen MR) is 118 cm³/mol. The fourth-order valence-electron chi connectivity index (χ4n) is 4.29. The van der Waals surface area contributed by atoms with Crippen molar-refractivity contribution in [2.45, 2.75) is 56.0 Å². The van der Waals surface area contributed by atoms with Crippen LogP contribution in [0.2, 0.25) is 0 Å². The number of halogens is 3. The second-order valence-corrected chi connectivity index (χ2v) is 10.8. The van der Waals surface area contributed by atoms with Crippen LogP contribution in [-0.4, -0.2) is 51.4 Å². The summed E-state index contributed by atoms with van der Waals surface area (Å²) in [5, 5.41) is 0. The molecule has 0 atom stereocenters. The highest BCUT2D eigenvalue weighted by Gasteiger charge is 2.32. The van der Waals surface area contributed by atoms with E-state index in [-0.39, 0.29) is 4.90 Å². The summed E-state index contributed by atoms with van der Waals surface area (Å²) in [6.07, 6.45) is 5.25. The Labute approximate surface area is 185 Å². The van der Waals surface area contributed by atoms with Crippen molar-refractivity contribution in [1.82, 2.24) is 9.21 Å². The molecule has 1 fully saturated rings. The van der Waals surface area contributed by atoms with E-state index >= 15 is 0 Å². The summed E-state index contributed by atoms with van der Waals surface area (Å²) in [7, 11) is -0.178. The first kappa shape index (κ1) is 25.9. The minimum atomic E-state index is -4.48. The molecule has 0 aromatic heterocycles. The molecule has 0 bridgehead atoms. The Morgan fingerprint density at radius 3 is 2.16 bits per heavy atom. The minimum Gasteiger partial charge on any atom is -0.303 e. The zero-order valence-electron chi connectivity index (χ0n) is 18.6. The van der Waals surface area contributed by atoms with Crippen molar-refractivity contribution in [1.29, 1.82) is 0 Å². The summed E-state index contributed by atoms with van der Waals surface area (Å²) in [4.78, 5) is 2.16. The maximum Gasteiger partial charge on any atom is 0.416 e. The van der Waals surface area contributed by atoms with Gasteiger partial charge in [0.25, 0.3) is 0 Å². The van der Waals surface area contributed by atoms with E-state index in [2.05, 4.69) is 18.5 Å². The number of alkyl halides is 3. The molecule has 1 aliphatic rings. The van der Waals surface area contributed by atoms with Crippen LogP contribution in [0.3, 0.4) is 0 Å². The smallest absolute Gasteiger partial charge is 0.303 e. The van der Waals surface area contributed by atoms with Crippen molar-refractivity contribution in [3.05, 3.63) is 42.5 Å². The second kappa shape index (κ2) is 11.5. The standard InChI is InChI=1S/C23H35F3N2O2S/c1-4-16-27(2)17-6-5-7-19-8-10-20(11-9-19)18-28(3)31(29,30)22-14-12-21(13-15-22)23(24,25)26/h4,12-15,19-20H,1,5-11,16-18H2,2-3H3. The van der Waals surface area contributed by atoms with E-state index in [9.17, 15) is 21.6 Å². The SMILES string of the molecule is C=CCN(C)CCCCC1CCC(CN(C)S(=O)(=O)c2ccc(C(F)(F)F)cc2)CC1. The third-order valence-corrected chi connectivity index (χ3v) is 8.05. The lowest BCUT2D eigenvalue weighted by atomic mass is 9.80. The highest BCUT2D eigenvalue weighted by atomic mass is 32.2. The Balaban J connectivity index is 1.77. The molecule has 2 rings (SSSR count). The molecule has 31 heavy (non-hydrogen) atoms. The van der Waals surface area contributed by atoms with Gasteiger partial charge in [-0.15, -0.1) is 6.58 Å². The summed E-state index contributed by atoms with van der Waals surface area (Å²) in [5.74, 6) is 1.00. The molecule has 0 spiro atoms. The van der Waals surface area contributed by atoms with Gasteiger partial charge in [-0.3, -0.25) is 0 Å². The molecule has 176 valence electrons. The van der Waals surface area contributed by atoms with Crippen LogP contribution < -0.4 is 0 Å². The average Bonchev–Trinajstić information content (AvgIpc) is 2.72. The van der Waals surface area contributed by atoms with Crippen LogP contribution >= 0.6 is 0 Å². The Morgan fingerprint density at radius 1 is 1.03 bits per heavy atom. The van der Waals surface area contributed by atoms with Crippen molar-refractivity contribution in [2.75, 3.05) is 33.7 Å². The van der Waals surface area contributed by atoms with E-state index in [0.29, 0.717) is 18.4 Å². The van der Waals surface area contributed by atoms with Gasteiger partial charge in [-0.25, -0.2) is 12.7 Å². The molecule has 1 aliphatic carbocycles. The molecule has 0 saturated heterocycles. The van der Waals surface area contributed by atoms with Crippen molar-refractivity contribution in [3.63, 3.8) is 0 Å². The number of benzene rings is 1. The van der Waals surface area contributed by atoms with Crippen LogP contribution in [0.5, 0.6) is 0 Å². The molecule has 0 amide bonds. The van der Waals surface area contributed by atoms with Gasteiger partial charge in [0.15, 0.2) is 0 Å². The largest absolute Gasteiger partial charge is 0.416 e. The Kier molecular flexibility index (Phi) is 9.58. The van der Waals surface area contributed by atoms with Crippen LogP contribution in [0.1, 0.15) is 50.5 Å². The lowest BCUT2D eigenvalue weighted by Crippen LogP contribution is -2.33. The lowest BCUT2D eigenvalue weighted by molar-refractivity contribution is -0.137. The van der Waals surface area contributed by atoms with E-state index in [1.807, 2.05) is 6.08 Å². The molecule has 0 N–H and O–H groups in total. The third-order valence-electron chi connectivity index (χ3n) is 6.21. The fourth-order valence-corrected chi connectivity index (χ4v) is 5.53. The van der Waals surface area contributed by atoms with Gasteiger partial charge in [-0.1, -0.05) is 31.8 Å². The maximum atomic E-state index is 12.7. The van der Waals surface area contributed by atoms with Crippen molar-refractivity contribution < 1.29 is 21.6 Å². The van der Waals surface area contributed by atoms with Crippen LogP contribution in [0.25, 0.3) is 0 Å². The Morgan fingerprint density at radius 2 is 1.61 bits per heavy atom. The van der Waals surface area contributed by atoms with E-state index in [0.717, 1.165) is 63.0 Å². The van der Waals surface area contributed by atoms with Gasteiger partial charge < -0.3 is 4.90 Å². The van der Waals surface area contributed by atoms with E-state index < -0.39 is 21.8 Å². The van der Waals surface area contributed by atoms with Crippen molar-refractivity contribution in [2.24, 2.45) is 11.8 Å². The van der Waals surface area contributed by atoms with Crippen LogP contribution in [-0.2, 0) is 16.2 Å². The normalized spacial score (nSPS) is 20.4. The maximum absolute atomic E-state index is 12.7. The summed E-state index contributed by atoms with van der Waals surface area (Å²) < 4.78 is 64.9. The molecule has 0 heterocycles. The third kappa shape index (κ3) is 7.91. The van der Waals surface area contributed by atoms with Crippen molar-refractivity contribution in [3.8, 4) is 0 Å². The zero-order valence-corrected chi connectivity index (χ0v) is 19.4. The molecular formula is C23H35F3N2O2S. The Bertz CT molecular complexity index is 786. The number of nitrogens with zero attached hydrogens (tertiary/aromatic N) is 2. The summed E-state index contributed by atoms with van der Waals surface area (Å²) in [5.41, 5.74) is -0.847. The molecule has 0 radical (unpaired) electrons. The van der Waals surface area contributed by atoms with E-state index in [1.165, 1.54) is 30.6 Å². The van der Waals surface area contributed by atoms with Crippen LogP contribution in [0, 0.1) is 11.8 Å². The first-order valence-corrected chi connectivity index (χ1v) is 12.4. The number of likely N-dealkylation sites (N-methyl/N-ethyl adjacent to an activating group) is 1. The molecule has 1 saturated carbocycles. The number of hydrogen-bond acceptors (Lipinski definition) is 3. The first-order valence-electron chi connectivity index (χ1n) is 11.0. The highest BCUT2D eigenvalue weighted by molar-refractivity contribution is 7.89. The van der Waals surface area contributed by atoms with Gasteiger partial charge in [0, 0.05) is 20.1 Å². The molecule has 0 unspecified atom stereocenters. The summed E-state index contributed by atoms with van der Waals surface area (Å²) >= 11 is 0. The van der Waals surface area contributed by atoms with Gasteiger partial charge >= 0.3 is 6.18 Å². The van der Waals surface area contributed by atoms with Gasteiger partial charge in [-0.2, -0.15) is 13.2 Å². The molecule has 0 aliphatic heterocycles.